The second kappa shape index (κ2) is 13.7. The maximum Gasteiger partial charge on any atom is 0.307 e. The van der Waals surface area contributed by atoms with Crippen LogP contribution >= 0.6 is 0 Å². The molecule has 0 spiro atoms. The van der Waals surface area contributed by atoms with Crippen molar-refractivity contribution < 1.29 is 9.90 Å². The zero-order chi connectivity index (χ0) is 21.4. The highest BCUT2D eigenvalue weighted by molar-refractivity contribution is 5.70. The molecule has 2 aromatic carbocycles. The van der Waals surface area contributed by atoms with Crippen molar-refractivity contribution in [3.8, 4) is 0 Å². The van der Waals surface area contributed by atoms with Gasteiger partial charge in [0.2, 0.25) is 0 Å². The van der Waals surface area contributed by atoms with E-state index in [9.17, 15) is 4.79 Å². The van der Waals surface area contributed by atoms with Gasteiger partial charge in [-0.3, -0.25) is 4.79 Å². The molecule has 3 rings (SSSR count). The van der Waals surface area contributed by atoms with Crippen molar-refractivity contribution in [1.29, 1.82) is 0 Å². The molecule has 0 aliphatic rings. The number of aliphatic carboxylic acids is 1. The predicted molar refractivity (Wildman–Crippen MR) is 123 cm³/mol. The van der Waals surface area contributed by atoms with Crippen LogP contribution in [0.5, 0.6) is 0 Å². The Bertz CT molecular complexity index is 845. The van der Waals surface area contributed by atoms with Crippen LogP contribution in [0, 0.1) is 0 Å². The molecule has 0 amide bonds. The van der Waals surface area contributed by atoms with Crippen molar-refractivity contribution >= 4 is 17.5 Å². The highest BCUT2D eigenvalue weighted by Gasteiger charge is 2.01. The Balaban J connectivity index is 0.000000456. The monoisotopic (exact) mass is 406 g/mol. The smallest absolute Gasteiger partial charge is 0.307 e. The van der Waals surface area contributed by atoms with Gasteiger partial charge < -0.3 is 21.5 Å². The summed E-state index contributed by atoms with van der Waals surface area (Å²) in [5.74, 6) is -0.279. The molecule has 6 heteroatoms. The molecule has 0 aliphatic heterocycles. The average molecular weight is 407 g/mol. The lowest BCUT2D eigenvalue weighted by atomic mass is 10.1. The summed E-state index contributed by atoms with van der Waals surface area (Å²) < 4.78 is 0. The predicted octanol–water partition coefficient (Wildman–Crippen LogP) is 3.61. The lowest BCUT2D eigenvalue weighted by Crippen LogP contribution is -2.21. The first-order chi connectivity index (χ1) is 14.6. The van der Waals surface area contributed by atoms with Crippen molar-refractivity contribution in [3.05, 3.63) is 90.1 Å². The number of nitrogens with one attached hydrogen (secondary N) is 2. The molecular formula is C24H30N4O2. The van der Waals surface area contributed by atoms with Gasteiger partial charge in [-0.25, -0.2) is 4.98 Å². The van der Waals surface area contributed by atoms with Crippen LogP contribution in [-0.4, -0.2) is 35.7 Å². The van der Waals surface area contributed by atoms with Crippen LogP contribution in [0.1, 0.15) is 17.5 Å². The number of nitrogen functional groups attached to an aromatic ring is 1. The summed E-state index contributed by atoms with van der Waals surface area (Å²) in [6.07, 6.45) is 3.61. The number of anilines is 2. The van der Waals surface area contributed by atoms with Gasteiger partial charge in [0.05, 0.1) is 12.1 Å². The van der Waals surface area contributed by atoms with E-state index >= 15 is 0 Å². The van der Waals surface area contributed by atoms with Gasteiger partial charge in [-0.15, -0.1) is 0 Å². The Morgan fingerprint density at radius 2 is 1.60 bits per heavy atom. The van der Waals surface area contributed by atoms with Crippen molar-refractivity contribution in [2.75, 3.05) is 30.7 Å². The van der Waals surface area contributed by atoms with Crippen molar-refractivity contribution in [3.63, 3.8) is 0 Å². The first kappa shape index (κ1) is 22.9. The summed E-state index contributed by atoms with van der Waals surface area (Å²) in [6.45, 7) is 2.60. The summed E-state index contributed by atoms with van der Waals surface area (Å²) >= 11 is 0. The first-order valence-corrected chi connectivity index (χ1v) is 10.1. The Hall–Kier alpha value is -3.38. The second-order valence-corrected chi connectivity index (χ2v) is 6.76. The first-order valence-electron chi connectivity index (χ1n) is 10.1. The number of aromatic nitrogens is 1. The lowest BCUT2D eigenvalue weighted by Gasteiger charge is -2.09. The molecule has 0 radical (unpaired) electrons. The summed E-state index contributed by atoms with van der Waals surface area (Å²) in [4.78, 5) is 14.8. The Kier molecular flexibility index (Phi) is 10.5. The van der Waals surface area contributed by atoms with E-state index in [1.165, 1.54) is 0 Å². The summed E-state index contributed by atoms with van der Waals surface area (Å²) in [5.41, 5.74) is 8.63. The molecule has 1 aromatic heterocycles. The molecule has 0 fully saturated rings. The van der Waals surface area contributed by atoms with Gasteiger partial charge in [-0.2, -0.15) is 0 Å². The number of carboxylic acids is 1. The van der Waals surface area contributed by atoms with Gasteiger partial charge in [0.25, 0.3) is 0 Å². The quantitative estimate of drug-likeness (QED) is 0.384. The maximum absolute atomic E-state index is 10.7. The molecule has 0 atom stereocenters. The van der Waals surface area contributed by atoms with Crippen LogP contribution < -0.4 is 16.4 Å². The van der Waals surface area contributed by atoms with Crippen LogP contribution in [0.3, 0.4) is 0 Å². The molecule has 30 heavy (non-hydrogen) atoms. The van der Waals surface area contributed by atoms with E-state index in [-0.39, 0.29) is 6.42 Å². The SMILES string of the molecule is Nc1ncccc1NCCCNCCc1cccc(CC(=O)O)c1.c1ccccc1. The minimum absolute atomic E-state index is 0.0738. The van der Waals surface area contributed by atoms with E-state index in [4.69, 9.17) is 10.8 Å². The third-order valence-corrected chi connectivity index (χ3v) is 4.29. The normalized spacial score (nSPS) is 10.0. The number of hydrogen-bond donors (Lipinski definition) is 4. The van der Waals surface area contributed by atoms with Crippen molar-refractivity contribution in [2.45, 2.75) is 19.3 Å². The zero-order valence-corrected chi connectivity index (χ0v) is 17.1. The van der Waals surface area contributed by atoms with Crippen molar-refractivity contribution in [2.24, 2.45) is 0 Å². The summed E-state index contributed by atoms with van der Waals surface area (Å²) in [7, 11) is 0. The molecular weight excluding hydrogens is 376 g/mol. The number of pyridine rings is 1. The Morgan fingerprint density at radius 3 is 2.27 bits per heavy atom. The highest BCUT2D eigenvalue weighted by atomic mass is 16.4. The third kappa shape index (κ3) is 9.71. The Morgan fingerprint density at radius 1 is 0.900 bits per heavy atom. The van der Waals surface area contributed by atoms with Gasteiger partial charge >= 0.3 is 5.97 Å². The van der Waals surface area contributed by atoms with Crippen LogP contribution in [0.4, 0.5) is 11.5 Å². The molecule has 0 saturated carbocycles. The zero-order valence-electron chi connectivity index (χ0n) is 17.1. The van der Waals surface area contributed by atoms with Crippen LogP contribution in [0.2, 0.25) is 0 Å². The number of nitrogens with two attached hydrogens (primary N) is 1. The standard InChI is InChI=1S/C18H24N4O2.C6H6/c19-18-16(6-2-9-22-18)21-10-3-8-20-11-7-14-4-1-5-15(12-14)13-17(23)24;1-2-4-6-5-3-1/h1-2,4-6,9,12,20-21H,3,7-8,10-11,13H2,(H2,19,22)(H,23,24);1-6H. The van der Waals surface area contributed by atoms with Crippen LogP contribution in [0.25, 0.3) is 0 Å². The topological polar surface area (TPSA) is 100 Å². The van der Waals surface area contributed by atoms with E-state index < -0.39 is 5.97 Å². The van der Waals surface area contributed by atoms with E-state index in [1.54, 1.807) is 6.20 Å². The second-order valence-electron chi connectivity index (χ2n) is 6.76. The van der Waals surface area contributed by atoms with Gasteiger partial charge in [-0.1, -0.05) is 60.7 Å². The van der Waals surface area contributed by atoms with Crippen molar-refractivity contribution in [1.82, 2.24) is 10.3 Å². The van der Waals surface area contributed by atoms with Crippen LogP contribution in [-0.2, 0) is 17.6 Å². The maximum atomic E-state index is 10.7. The fourth-order valence-electron chi connectivity index (χ4n) is 2.82. The molecule has 158 valence electrons. The van der Waals surface area contributed by atoms with Crippen LogP contribution in [0.15, 0.2) is 79.0 Å². The molecule has 0 unspecified atom stereocenters. The number of benzene rings is 2. The largest absolute Gasteiger partial charge is 0.481 e. The molecule has 0 aliphatic carbocycles. The van der Waals surface area contributed by atoms with Gasteiger partial charge in [0.15, 0.2) is 0 Å². The van der Waals surface area contributed by atoms with E-state index in [0.29, 0.717) is 5.82 Å². The lowest BCUT2D eigenvalue weighted by molar-refractivity contribution is -0.136. The summed E-state index contributed by atoms with van der Waals surface area (Å²) in [5, 5.41) is 15.5. The highest BCUT2D eigenvalue weighted by Crippen LogP contribution is 2.12. The molecule has 5 N–H and O–H groups in total. The molecule has 0 saturated heterocycles. The van der Waals surface area contributed by atoms with Gasteiger partial charge in [0.1, 0.15) is 5.82 Å². The number of nitrogens with zero attached hydrogens (tertiary/aromatic N) is 1. The van der Waals surface area contributed by atoms with Gasteiger partial charge in [-0.05, 0) is 49.2 Å². The minimum Gasteiger partial charge on any atom is -0.481 e. The van der Waals surface area contributed by atoms with E-state index in [0.717, 1.165) is 49.3 Å². The molecule has 0 bridgehead atoms. The third-order valence-electron chi connectivity index (χ3n) is 4.29. The number of carbonyl (C=O) groups is 1. The average Bonchev–Trinajstić information content (AvgIpc) is 2.76. The van der Waals surface area contributed by atoms with E-state index in [2.05, 4.69) is 15.6 Å². The number of hydrogen-bond acceptors (Lipinski definition) is 5. The summed E-state index contributed by atoms with van der Waals surface area (Å²) in [6, 6.07) is 23.5. The number of carboxylic acid groups (broad SMARTS) is 1. The minimum atomic E-state index is -0.799. The molecule has 6 nitrogen and oxygen atoms in total. The Labute approximate surface area is 178 Å². The molecule has 3 aromatic rings. The molecule has 1 heterocycles. The fraction of sp³-hybridized carbons (Fsp3) is 0.250. The van der Waals surface area contributed by atoms with Gasteiger partial charge in [0, 0.05) is 12.7 Å². The van der Waals surface area contributed by atoms with E-state index in [1.807, 2.05) is 72.8 Å². The number of rotatable bonds is 10. The fourth-order valence-corrected chi connectivity index (χ4v) is 2.82.